The highest BCUT2D eigenvalue weighted by Crippen LogP contribution is 2.42. The van der Waals surface area contributed by atoms with Gasteiger partial charge in [-0.05, 0) is 81.1 Å². The van der Waals surface area contributed by atoms with Crippen molar-refractivity contribution in [2.45, 2.75) is 258 Å². The molecular weight excluding hydrogens is 665 g/mol. The molecule has 2 rings (SSSR count). The van der Waals surface area contributed by atoms with Gasteiger partial charge in [0.1, 0.15) is 18.0 Å². The zero-order valence-corrected chi connectivity index (χ0v) is 36.4. The van der Waals surface area contributed by atoms with Crippen molar-refractivity contribution in [3.05, 3.63) is 12.3 Å². The molecule has 0 N–H and O–H groups in total. The van der Waals surface area contributed by atoms with E-state index in [1.807, 2.05) is 0 Å². The lowest BCUT2D eigenvalue weighted by Crippen LogP contribution is -2.62. The molecule has 0 bridgehead atoms. The van der Waals surface area contributed by atoms with E-state index in [-0.39, 0.29) is 46.3 Å². The van der Waals surface area contributed by atoms with Crippen LogP contribution in [0.5, 0.6) is 0 Å². The second kappa shape index (κ2) is 23.4. The molecule has 2 saturated heterocycles. The molecule has 0 spiro atoms. The quantitative estimate of drug-likeness (QED) is 0.0467. The molecule has 0 aromatic rings. The highest BCUT2D eigenvalue weighted by Gasteiger charge is 2.49. The monoisotopic (exact) mass is 749 g/mol. The van der Waals surface area contributed by atoms with Gasteiger partial charge in [0.05, 0.1) is 17.7 Å². The van der Waals surface area contributed by atoms with Crippen LogP contribution >= 0.6 is 0 Å². The average molecular weight is 749 g/mol. The van der Waals surface area contributed by atoms with Gasteiger partial charge in [-0.25, -0.2) is 0 Å². The third-order valence-corrected chi connectivity index (χ3v) is 11.2. The summed E-state index contributed by atoms with van der Waals surface area (Å²) >= 11 is 0. The molecule has 0 unspecified atom stereocenters. The number of unbranched alkanes of at least 4 members (excludes halogenated alkanes) is 14. The maximum Gasteiger partial charge on any atom is 0.306 e. The van der Waals surface area contributed by atoms with Crippen molar-refractivity contribution in [1.82, 2.24) is 10.1 Å². The number of nitrogens with zero attached hydrogens (tertiary/aromatic N) is 2. The van der Waals surface area contributed by atoms with Crippen LogP contribution in [0, 0.1) is 0 Å². The normalized spacial score (nSPS) is 20.3. The largest absolute Gasteiger partial charge is 0.462 e. The number of rotatable bonds is 27. The van der Waals surface area contributed by atoms with E-state index < -0.39 is 0 Å². The van der Waals surface area contributed by atoms with Gasteiger partial charge in [-0.1, -0.05) is 104 Å². The standard InChI is InChI=1S/C45H84N2O6/c1-12-14-16-18-24-28-32-50-46-42(4,5)33-38(34-43(46,6)7)51-40(48)30-26-22-19-20-23-27-31-41(49)52-39-35-44(8,9)47(45(10,11)36-39)53-37(3)29-25-21-17-15-13-2/h38-39H,3,12-36H2,1-2,4-11H3. The van der Waals surface area contributed by atoms with Crippen molar-refractivity contribution in [2.75, 3.05) is 6.61 Å². The first kappa shape index (κ1) is 47.5. The summed E-state index contributed by atoms with van der Waals surface area (Å²) in [7, 11) is 0. The second-order valence-electron chi connectivity index (χ2n) is 18.9. The molecular formula is C45H84N2O6. The summed E-state index contributed by atoms with van der Waals surface area (Å²) in [6.45, 7) is 26.9. The Hall–Kier alpha value is -1.64. The maximum atomic E-state index is 12.8. The zero-order valence-electron chi connectivity index (χ0n) is 36.4. The Kier molecular flexibility index (Phi) is 21.0. The number of allylic oxidation sites excluding steroid dienone is 1. The first-order chi connectivity index (χ1) is 24.9. The van der Waals surface area contributed by atoms with Crippen LogP contribution < -0.4 is 0 Å². The number of carbonyl (C=O) groups is 2. The minimum absolute atomic E-state index is 0.0859. The van der Waals surface area contributed by atoms with Crippen LogP contribution in [0.3, 0.4) is 0 Å². The topological polar surface area (TPSA) is 77.5 Å². The van der Waals surface area contributed by atoms with Crippen molar-refractivity contribution < 1.29 is 28.7 Å². The van der Waals surface area contributed by atoms with Crippen molar-refractivity contribution >= 4 is 11.9 Å². The molecule has 0 aliphatic carbocycles. The lowest BCUT2D eigenvalue weighted by atomic mass is 9.80. The van der Waals surface area contributed by atoms with Gasteiger partial charge in [-0.15, -0.1) is 5.06 Å². The van der Waals surface area contributed by atoms with Crippen molar-refractivity contribution in [1.29, 1.82) is 0 Å². The minimum atomic E-state index is -0.281. The van der Waals surface area contributed by atoms with Gasteiger partial charge >= 0.3 is 11.9 Å². The molecule has 2 fully saturated rings. The number of ether oxygens (including phenoxy) is 2. The summed E-state index contributed by atoms with van der Waals surface area (Å²) in [4.78, 5) is 38.3. The van der Waals surface area contributed by atoms with E-state index in [0.717, 1.165) is 95.8 Å². The molecule has 0 saturated carbocycles. The highest BCUT2D eigenvalue weighted by molar-refractivity contribution is 5.69. The molecule has 0 radical (unpaired) electrons. The van der Waals surface area contributed by atoms with Crippen molar-refractivity contribution in [3.63, 3.8) is 0 Å². The van der Waals surface area contributed by atoms with Gasteiger partial charge in [0, 0.05) is 56.0 Å². The Labute approximate surface area is 326 Å². The lowest BCUT2D eigenvalue weighted by Gasteiger charge is -2.53. The molecule has 2 aliphatic rings. The maximum absolute atomic E-state index is 12.8. The minimum Gasteiger partial charge on any atom is -0.462 e. The second-order valence-corrected chi connectivity index (χ2v) is 18.9. The van der Waals surface area contributed by atoms with Crippen LogP contribution in [0.15, 0.2) is 12.3 Å². The highest BCUT2D eigenvalue weighted by atomic mass is 16.7. The van der Waals surface area contributed by atoms with Gasteiger partial charge in [0.25, 0.3) is 0 Å². The first-order valence-corrected chi connectivity index (χ1v) is 21.9. The van der Waals surface area contributed by atoms with Crippen LogP contribution in [0.1, 0.15) is 223 Å². The summed E-state index contributed by atoms with van der Waals surface area (Å²) in [6, 6.07) is 0. The van der Waals surface area contributed by atoms with Gasteiger partial charge < -0.3 is 14.3 Å². The van der Waals surface area contributed by atoms with Gasteiger partial charge in [-0.2, -0.15) is 5.06 Å². The fourth-order valence-electron chi connectivity index (χ4n) is 8.98. The SMILES string of the molecule is C=C(CCCCCCC)ON1C(C)(C)CC(OC(=O)CCCCCCCCC(=O)OC2CC(C)(C)N(OCCCCCCCC)C(C)(C)C2)CC1(C)C. The Morgan fingerprint density at radius 1 is 0.509 bits per heavy atom. The predicted octanol–water partition coefficient (Wildman–Crippen LogP) is 12.3. The number of hydroxylamine groups is 4. The predicted molar refractivity (Wildman–Crippen MR) is 218 cm³/mol. The fraction of sp³-hybridized carbons (Fsp3) is 0.911. The molecule has 0 atom stereocenters. The third-order valence-electron chi connectivity index (χ3n) is 11.2. The van der Waals surface area contributed by atoms with E-state index >= 15 is 0 Å². The number of carbonyl (C=O) groups excluding carboxylic acids is 2. The van der Waals surface area contributed by atoms with Crippen LogP contribution in [-0.2, 0) is 28.7 Å². The number of hydrogen-bond donors (Lipinski definition) is 0. The molecule has 310 valence electrons. The van der Waals surface area contributed by atoms with E-state index in [4.69, 9.17) is 19.1 Å². The van der Waals surface area contributed by atoms with Crippen LogP contribution in [0.25, 0.3) is 0 Å². The molecule has 0 aromatic heterocycles. The summed E-state index contributed by atoms with van der Waals surface area (Å²) in [6.07, 6.45) is 24.0. The van der Waals surface area contributed by atoms with E-state index in [1.54, 1.807) is 0 Å². The Bertz CT molecular complexity index is 1030. The van der Waals surface area contributed by atoms with Crippen LogP contribution in [-0.4, -0.2) is 63.0 Å². The van der Waals surface area contributed by atoms with Gasteiger partial charge in [0.15, 0.2) is 0 Å². The summed E-state index contributed by atoms with van der Waals surface area (Å²) in [5.41, 5.74) is -0.971. The Morgan fingerprint density at radius 2 is 0.849 bits per heavy atom. The van der Waals surface area contributed by atoms with E-state index in [1.165, 1.54) is 57.8 Å². The van der Waals surface area contributed by atoms with E-state index in [0.29, 0.717) is 12.8 Å². The van der Waals surface area contributed by atoms with Crippen LogP contribution in [0.4, 0.5) is 0 Å². The number of piperidine rings is 2. The van der Waals surface area contributed by atoms with Gasteiger partial charge in [-0.3, -0.25) is 14.4 Å². The number of esters is 2. The fourth-order valence-corrected chi connectivity index (χ4v) is 8.98. The summed E-state index contributed by atoms with van der Waals surface area (Å²) < 4.78 is 12.0. The average Bonchev–Trinajstić information content (AvgIpc) is 3.03. The smallest absolute Gasteiger partial charge is 0.306 e. The molecule has 0 amide bonds. The Balaban J connectivity index is 1.60. The molecule has 2 heterocycles. The van der Waals surface area contributed by atoms with E-state index in [2.05, 4.69) is 85.9 Å². The molecule has 8 heteroatoms. The third kappa shape index (κ3) is 17.8. The van der Waals surface area contributed by atoms with Gasteiger partial charge in [0.2, 0.25) is 0 Å². The molecule has 53 heavy (non-hydrogen) atoms. The summed E-state index contributed by atoms with van der Waals surface area (Å²) in [5, 5.41) is 4.27. The summed E-state index contributed by atoms with van der Waals surface area (Å²) in [5.74, 6) is 0.635. The van der Waals surface area contributed by atoms with Crippen molar-refractivity contribution in [2.24, 2.45) is 0 Å². The zero-order chi connectivity index (χ0) is 39.5. The first-order valence-electron chi connectivity index (χ1n) is 21.9. The van der Waals surface area contributed by atoms with E-state index in [9.17, 15) is 9.59 Å². The lowest BCUT2D eigenvalue weighted by molar-refractivity contribution is -0.293. The van der Waals surface area contributed by atoms with Crippen LogP contribution in [0.2, 0.25) is 0 Å². The molecule has 0 aromatic carbocycles. The molecule has 2 aliphatic heterocycles. The molecule has 8 nitrogen and oxygen atoms in total. The Morgan fingerprint density at radius 3 is 1.26 bits per heavy atom. The van der Waals surface area contributed by atoms with Crippen molar-refractivity contribution in [3.8, 4) is 0 Å². The number of hydrogen-bond acceptors (Lipinski definition) is 8.